The van der Waals surface area contributed by atoms with Crippen LogP contribution >= 0.6 is 11.8 Å². The first-order chi connectivity index (χ1) is 12.2. The van der Waals surface area contributed by atoms with Gasteiger partial charge in [0.1, 0.15) is 5.76 Å². The Morgan fingerprint density at radius 1 is 1.12 bits per heavy atom. The van der Waals surface area contributed by atoms with Crippen molar-refractivity contribution in [3.8, 4) is 0 Å². The minimum absolute atomic E-state index is 0.195. The van der Waals surface area contributed by atoms with Crippen LogP contribution in [-0.4, -0.2) is 22.2 Å². The molecule has 0 unspecified atom stereocenters. The van der Waals surface area contributed by atoms with E-state index in [1.807, 2.05) is 60.9 Å². The van der Waals surface area contributed by atoms with Gasteiger partial charge in [0, 0.05) is 16.8 Å². The SMILES string of the molecule is CSc1ccc(NC(=O)N(Cc2ccccn2)Cc2ccco2)cc1. The minimum Gasteiger partial charge on any atom is -0.467 e. The molecule has 128 valence electrons. The number of amides is 2. The van der Waals surface area contributed by atoms with Crippen LogP contribution in [-0.2, 0) is 13.1 Å². The molecule has 1 aromatic carbocycles. The van der Waals surface area contributed by atoms with Crippen molar-refractivity contribution < 1.29 is 9.21 Å². The van der Waals surface area contributed by atoms with Gasteiger partial charge in [-0.2, -0.15) is 0 Å². The maximum absolute atomic E-state index is 12.7. The van der Waals surface area contributed by atoms with E-state index >= 15 is 0 Å². The van der Waals surface area contributed by atoms with Gasteiger partial charge in [0.2, 0.25) is 0 Å². The van der Waals surface area contributed by atoms with Crippen LogP contribution in [0.15, 0.2) is 76.4 Å². The summed E-state index contributed by atoms with van der Waals surface area (Å²) in [6, 6.07) is 16.9. The standard InChI is InChI=1S/C19H19N3O2S/c1-25-18-9-7-15(8-10-18)21-19(23)22(14-17-6-4-12-24-17)13-16-5-2-3-11-20-16/h2-12H,13-14H2,1H3,(H,21,23). The molecule has 3 aromatic rings. The fourth-order valence-electron chi connectivity index (χ4n) is 2.35. The summed E-state index contributed by atoms with van der Waals surface area (Å²) < 4.78 is 5.39. The average Bonchev–Trinajstić information content (AvgIpc) is 3.16. The van der Waals surface area contributed by atoms with Crippen molar-refractivity contribution in [1.82, 2.24) is 9.88 Å². The third-order valence-corrected chi connectivity index (χ3v) is 4.38. The van der Waals surface area contributed by atoms with E-state index in [1.54, 1.807) is 29.1 Å². The van der Waals surface area contributed by atoms with E-state index in [9.17, 15) is 4.79 Å². The van der Waals surface area contributed by atoms with Gasteiger partial charge in [0.15, 0.2) is 0 Å². The third-order valence-electron chi connectivity index (χ3n) is 3.63. The molecule has 2 heterocycles. The van der Waals surface area contributed by atoms with Crippen LogP contribution in [0.4, 0.5) is 10.5 Å². The summed E-state index contributed by atoms with van der Waals surface area (Å²) in [6.07, 6.45) is 5.35. The number of anilines is 1. The lowest BCUT2D eigenvalue weighted by Crippen LogP contribution is -2.34. The number of aromatic nitrogens is 1. The molecule has 0 saturated carbocycles. The van der Waals surface area contributed by atoms with E-state index in [2.05, 4.69) is 10.3 Å². The van der Waals surface area contributed by atoms with Crippen LogP contribution in [0.3, 0.4) is 0 Å². The largest absolute Gasteiger partial charge is 0.467 e. The average molecular weight is 353 g/mol. The van der Waals surface area contributed by atoms with Gasteiger partial charge >= 0.3 is 6.03 Å². The van der Waals surface area contributed by atoms with E-state index in [0.717, 1.165) is 22.0 Å². The fraction of sp³-hybridized carbons (Fsp3) is 0.158. The van der Waals surface area contributed by atoms with Crippen LogP contribution in [0, 0.1) is 0 Å². The summed E-state index contributed by atoms with van der Waals surface area (Å²) in [6.45, 7) is 0.772. The predicted molar refractivity (Wildman–Crippen MR) is 99.4 cm³/mol. The maximum Gasteiger partial charge on any atom is 0.322 e. The number of carbonyl (C=O) groups excluding carboxylic acids is 1. The van der Waals surface area contributed by atoms with Crippen LogP contribution in [0.5, 0.6) is 0 Å². The van der Waals surface area contributed by atoms with Crippen molar-refractivity contribution in [1.29, 1.82) is 0 Å². The summed E-state index contributed by atoms with van der Waals surface area (Å²) in [5, 5.41) is 2.93. The Kier molecular flexibility index (Phi) is 5.74. The minimum atomic E-state index is -0.195. The normalized spacial score (nSPS) is 10.4. The second-order valence-corrected chi connectivity index (χ2v) is 6.29. The molecule has 0 aliphatic carbocycles. The molecule has 0 saturated heterocycles. The van der Waals surface area contributed by atoms with Crippen LogP contribution in [0.2, 0.25) is 0 Å². The lowest BCUT2D eigenvalue weighted by molar-refractivity contribution is 0.200. The Morgan fingerprint density at radius 3 is 2.60 bits per heavy atom. The summed E-state index contributed by atoms with van der Waals surface area (Å²) >= 11 is 1.66. The quantitative estimate of drug-likeness (QED) is 0.656. The summed E-state index contributed by atoms with van der Waals surface area (Å²) in [7, 11) is 0. The maximum atomic E-state index is 12.7. The van der Waals surface area contributed by atoms with Crippen LogP contribution in [0.1, 0.15) is 11.5 Å². The van der Waals surface area contributed by atoms with Crippen LogP contribution in [0.25, 0.3) is 0 Å². The molecule has 0 spiro atoms. The number of hydrogen-bond acceptors (Lipinski definition) is 4. The molecule has 2 aromatic heterocycles. The lowest BCUT2D eigenvalue weighted by Gasteiger charge is -2.22. The molecule has 3 rings (SSSR count). The second-order valence-electron chi connectivity index (χ2n) is 5.42. The predicted octanol–water partition coefficient (Wildman–Crippen LogP) is 4.63. The van der Waals surface area contributed by atoms with Crippen molar-refractivity contribution in [3.63, 3.8) is 0 Å². The molecule has 6 heteroatoms. The van der Waals surface area contributed by atoms with E-state index in [4.69, 9.17) is 4.42 Å². The van der Waals surface area contributed by atoms with Gasteiger partial charge in [0.05, 0.1) is 25.0 Å². The van der Waals surface area contributed by atoms with E-state index < -0.39 is 0 Å². The number of carbonyl (C=O) groups is 1. The van der Waals surface area contributed by atoms with E-state index in [1.165, 1.54) is 0 Å². The van der Waals surface area contributed by atoms with Crippen LogP contribution < -0.4 is 5.32 Å². The van der Waals surface area contributed by atoms with Gasteiger partial charge in [-0.05, 0) is 54.8 Å². The number of nitrogens with one attached hydrogen (secondary N) is 1. The number of pyridine rings is 1. The molecule has 0 aliphatic rings. The molecule has 2 amide bonds. The number of urea groups is 1. The van der Waals surface area contributed by atoms with E-state index in [0.29, 0.717) is 13.1 Å². The molecule has 0 aliphatic heterocycles. The number of benzene rings is 1. The molecule has 0 radical (unpaired) electrons. The van der Waals surface area contributed by atoms with Crippen molar-refractivity contribution in [2.75, 3.05) is 11.6 Å². The molecular formula is C19H19N3O2S. The molecule has 0 atom stereocenters. The van der Waals surface area contributed by atoms with Gasteiger partial charge in [-0.1, -0.05) is 6.07 Å². The third kappa shape index (κ3) is 4.87. The molecule has 0 fully saturated rings. The molecule has 5 nitrogen and oxygen atoms in total. The number of thioether (sulfide) groups is 1. The van der Waals surface area contributed by atoms with Crippen molar-refractivity contribution >= 4 is 23.5 Å². The monoisotopic (exact) mass is 353 g/mol. The zero-order valence-electron chi connectivity index (χ0n) is 13.9. The summed E-state index contributed by atoms with van der Waals surface area (Å²) in [5.74, 6) is 0.726. The molecule has 0 bridgehead atoms. The number of nitrogens with zero attached hydrogens (tertiary/aromatic N) is 2. The Bertz CT molecular complexity index is 789. The summed E-state index contributed by atoms with van der Waals surface area (Å²) in [4.78, 5) is 19.9. The Morgan fingerprint density at radius 2 is 1.96 bits per heavy atom. The van der Waals surface area contributed by atoms with Crippen molar-refractivity contribution in [3.05, 3.63) is 78.5 Å². The summed E-state index contributed by atoms with van der Waals surface area (Å²) in [5.41, 5.74) is 1.58. The van der Waals surface area contributed by atoms with Crippen molar-refractivity contribution in [2.45, 2.75) is 18.0 Å². The smallest absolute Gasteiger partial charge is 0.322 e. The Labute approximate surface area is 151 Å². The highest BCUT2D eigenvalue weighted by Gasteiger charge is 2.16. The molecule has 1 N–H and O–H groups in total. The zero-order valence-corrected chi connectivity index (χ0v) is 14.7. The first-order valence-electron chi connectivity index (χ1n) is 7.87. The van der Waals surface area contributed by atoms with Gasteiger partial charge in [-0.15, -0.1) is 11.8 Å². The first kappa shape index (κ1) is 17.1. The zero-order chi connectivity index (χ0) is 17.5. The second kappa shape index (κ2) is 8.39. The highest BCUT2D eigenvalue weighted by Crippen LogP contribution is 2.18. The first-order valence-corrected chi connectivity index (χ1v) is 9.09. The van der Waals surface area contributed by atoms with Crippen molar-refractivity contribution in [2.24, 2.45) is 0 Å². The van der Waals surface area contributed by atoms with Gasteiger partial charge in [-0.3, -0.25) is 4.98 Å². The van der Waals surface area contributed by atoms with Gasteiger partial charge in [0.25, 0.3) is 0 Å². The number of rotatable bonds is 6. The van der Waals surface area contributed by atoms with Gasteiger partial charge < -0.3 is 14.6 Å². The highest BCUT2D eigenvalue weighted by atomic mass is 32.2. The molecule has 25 heavy (non-hydrogen) atoms. The molecular weight excluding hydrogens is 334 g/mol. The number of hydrogen-bond donors (Lipinski definition) is 1. The topological polar surface area (TPSA) is 58.4 Å². The Balaban J connectivity index is 1.73. The Hall–Kier alpha value is -2.73. The highest BCUT2D eigenvalue weighted by molar-refractivity contribution is 7.98. The van der Waals surface area contributed by atoms with Gasteiger partial charge in [-0.25, -0.2) is 4.79 Å². The number of furan rings is 1. The lowest BCUT2D eigenvalue weighted by atomic mass is 10.3. The fourth-order valence-corrected chi connectivity index (χ4v) is 2.76. The van der Waals surface area contributed by atoms with E-state index in [-0.39, 0.29) is 6.03 Å².